The Bertz CT molecular complexity index is 1360. The van der Waals surface area contributed by atoms with Crippen LogP contribution in [-0.2, 0) is 41.8 Å². The molecule has 0 amide bonds. The van der Waals surface area contributed by atoms with E-state index in [9.17, 15) is 53.8 Å². The van der Waals surface area contributed by atoms with Gasteiger partial charge in [-0.05, 0) is 44.9 Å². The Morgan fingerprint density at radius 3 is 1.37 bits per heavy atom. The minimum atomic E-state index is -5.36. The van der Waals surface area contributed by atoms with Crippen LogP contribution in [0, 0.1) is 0 Å². The number of allylic oxidation sites excluding steroid dienone is 4. The molecule has 0 saturated heterocycles. The van der Waals surface area contributed by atoms with Crippen LogP contribution in [0.25, 0.3) is 0 Å². The molecule has 1 fully saturated rings. The Morgan fingerprint density at radius 2 is 0.892 bits per heavy atom. The average Bonchev–Trinajstić information content (AvgIpc) is 3.26. The monoisotopic (exact) mass is 971 g/mol. The van der Waals surface area contributed by atoms with Gasteiger partial charge in [0, 0.05) is 12.8 Å². The zero-order valence-corrected chi connectivity index (χ0v) is 41.5. The third kappa shape index (κ3) is 32.8. The van der Waals surface area contributed by atoms with Gasteiger partial charge in [-0.15, -0.1) is 0 Å². The summed E-state index contributed by atoms with van der Waals surface area (Å²) in [5.41, 5.74) is 0. The summed E-state index contributed by atoms with van der Waals surface area (Å²) in [6.07, 6.45) is 25.6. The molecule has 16 nitrogen and oxygen atoms in total. The van der Waals surface area contributed by atoms with Gasteiger partial charge in [0.2, 0.25) is 0 Å². The van der Waals surface area contributed by atoms with E-state index >= 15 is 0 Å². The van der Waals surface area contributed by atoms with E-state index in [1.807, 2.05) is 0 Å². The summed E-state index contributed by atoms with van der Waals surface area (Å²) in [6, 6.07) is 0. The maximum atomic E-state index is 13.0. The molecule has 7 N–H and O–H groups in total. The van der Waals surface area contributed by atoms with E-state index in [2.05, 4.69) is 42.7 Å². The van der Waals surface area contributed by atoms with Crippen molar-refractivity contribution in [3.8, 4) is 0 Å². The molecule has 382 valence electrons. The second kappa shape index (κ2) is 38.3. The van der Waals surface area contributed by atoms with Crippen molar-refractivity contribution in [1.82, 2.24) is 0 Å². The number of aliphatic hydroxyl groups is 4. The molecular weight excluding hydrogens is 882 g/mol. The Hall–Kier alpha value is -1.52. The summed E-state index contributed by atoms with van der Waals surface area (Å²) in [5, 5.41) is 41.3. The number of phosphoric ester groups is 2. The van der Waals surface area contributed by atoms with E-state index in [4.69, 9.17) is 18.5 Å². The number of hydrogen-bond donors (Lipinski definition) is 7. The SMILES string of the molecule is CCCCCC=CCC=CCCCCCCCC(=O)OC[C@H](COP(=O)(O)O[C@H]1C(O)C(O)C(O)[C@@H](OP(=O)(O)O)C1O)OC(=O)CCCCCCCCCCCCCCCCCCC. The van der Waals surface area contributed by atoms with Gasteiger partial charge in [0.1, 0.15) is 43.2 Å². The van der Waals surface area contributed by atoms with Crippen LogP contribution >= 0.6 is 15.6 Å². The molecular formula is C47H88O16P2. The van der Waals surface area contributed by atoms with Gasteiger partial charge in [-0.1, -0.05) is 173 Å². The van der Waals surface area contributed by atoms with Crippen LogP contribution < -0.4 is 0 Å². The number of carbonyl (C=O) groups is 2. The van der Waals surface area contributed by atoms with Crippen molar-refractivity contribution in [2.45, 2.75) is 249 Å². The Kier molecular flexibility index (Phi) is 36.3. The van der Waals surface area contributed by atoms with Crippen LogP contribution in [0.3, 0.4) is 0 Å². The van der Waals surface area contributed by atoms with Crippen molar-refractivity contribution < 1.29 is 76.9 Å². The van der Waals surface area contributed by atoms with Gasteiger partial charge < -0.3 is 44.6 Å². The molecule has 0 radical (unpaired) electrons. The minimum Gasteiger partial charge on any atom is -0.462 e. The highest BCUT2D eigenvalue weighted by molar-refractivity contribution is 7.47. The smallest absolute Gasteiger partial charge is 0.462 e. The molecule has 0 aromatic carbocycles. The molecule has 1 saturated carbocycles. The maximum Gasteiger partial charge on any atom is 0.472 e. The summed E-state index contributed by atoms with van der Waals surface area (Å²) in [6.45, 7) is 3.09. The standard InChI is InChI=1S/C47H88O16P2/c1-3-5-7-9-11-13-15-17-19-20-22-24-26-28-30-32-34-36-41(49)61-39(37-59-40(48)35-33-31-29-27-25-23-21-18-16-14-12-10-8-6-4-2)38-60-65(57,58)63-47-44(52)42(50)43(51)46(45(47)53)62-64(54,55)56/h12,14,18,21,39,42-47,50-53H,3-11,13,15-17,19-20,22-38H2,1-2H3,(H,57,58)(H2,54,55,56)/t39-,42?,43?,44?,45?,46-,47+/m1/s1. The van der Waals surface area contributed by atoms with Crippen LogP contribution in [0.1, 0.15) is 206 Å². The topological polar surface area (TPSA) is 256 Å². The summed E-state index contributed by atoms with van der Waals surface area (Å²) < 4.78 is 49.4. The number of carbonyl (C=O) groups excluding carboxylic acids is 2. The van der Waals surface area contributed by atoms with Crippen LogP contribution in [0.15, 0.2) is 24.3 Å². The fourth-order valence-electron chi connectivity index (χ4n) is 7.65. The first-order chi connectivity index (χ1) is 31.1. The number of unbranched alkanes of at least 4 members (excludes halogenated alkanes) is 24. The molecule has 1 rings (SSSR count). The largest absolute Gasteiger partial charge is 0.472 e. The van der Waals surface area contributed by atoms with E-state index in [0.717, 1.165) is 70.6 Å². The number of phosphoric acid groups is 2. The lowest BCUT2D eigenvalue weighted by Crippen LogP contribution is -2.64. The van der Waals surface area contributed by atoms with Crippen molar-refractivity contribution >= 4 is 27.6 Å². The third-order valence-corrected chi connectivity index (χ3v) is 13.0. The lowest BCUT2D eigenvalue weighted by Gasteiger charge is -2.43. The fourth-order valence-corrected chi connectivity index (χ4v) is 9.18. The molecule has 0 aromatic heterocycles. The molecule has 0 heterocycles. The van der Waals surface area contributed by atoms with Crippen molar-refractivity contribution in [2.75, 3.05) is 13.2 Å². The molecule has 0 bridgehead atoms. The Balaban J connectivity index is 2.57. The average molecular weight is 971 g/mol. The fraction of sp³-hybridized carbons (Fsp3) is 0.872. The van der Waals surface area contributed by atoms with Gasteiger partial charge in [-0.25, -0.2) is 9.13 Å². The highest BCUT2D eigenvalue weighted by Crippen LogP contribution is 2.49. The summed E-state index contributed by atoms with van der Waals surface area (Å²) in [4.78, 5) is 54.3. The predicted molar refractivity (Wildman–Crippen MR) is 251 cm³/mol. The van der Waals surface area contributed by atoms with E-state index in [1.165, 1.54) is 96.3 Å². The Labute approximate surface area is 390 Å². The van der Waals surface area contributed by atoms with Crippen LogP contribution in [-0.4, -0.2) is 103 Å². The number of ether oxygens (including phenoxy) is 2. The van der Waals surface area contributed by atoms with Gasteiger partial charge in [0.25, 0.3) is 0 Å². The number of aliphatic hydroxyl groups excluding tert-OH is 4. The van der Waals surface area contributed by atoms with E-state index in [1.54, 1.807) is 0 Å². The summed E-state index contributed by atoms with van der Waals surface area (Å²) in [7, 11) is -10.7. The molecule has 0 aromatic rings. The summed E-state index contributed by atoms with van der Waals surface area (Å²) >= 11 is 0. The van der Waals surface area contributed by atoms with Gasteiger partial charge >= 0.3 is 27.6 Å². The molecule has 0 aliphatic heterocycles. The van der Waals surface area contributed by atoms with Crippen molar-refractivity contribution in [3.63, 3.8) is 0 Å². The van der Waals surface area contributed by atoms with E-state index in [-0.39, 0.29) is 12.8 Å². The predicted octanol–water partition coefficient (Wildman–Crippen LogP) is 9.73. The Morgan fingerprint density at radius 1 is 0.492 bits per heavy atom. The normalized spacial score (nSPS) is 21.8. The lowest BCUT2D eigenvalue weighted by molar-refractivity contribution is -0.216. The summed E-state index contributed by atoms with van der Waals surface area (Å²) in [5.74, 6) is -1.21. The first kappa shape index (κ1) is 61.5. The lowest BCUT2D eigenvalue weighted by atomic mass is 9.85. The third-order valence-electron chi connectivity index (χ3n) is 11.5. The quantitative estimate of drug-likeness (QED) is 0.0130. The molecule has 0 spiro atoms. The van der Waals surface area contributed by atoms with E-state index in [0.29, 0.717) is 12.8 Å². The van der Waals surface area contributed by atoms with Gasteiger partial charge in [-0.3, -0.25) is 23.2 Å². The zero-order chi connectivity index (χ0) is 48.2. The van der Waals surface area contributed by atoms with E-state index < -0.39 is 83.5 Å². The molecule has 1 aliphatic rings. The molecule has 5 unspecified atom stereocenters. The van der Waals surface area contributed by atoms with Crippen molar-refractivity contribution in [3.05, 3.63) is 24.3 Å². The number of rotatable bonds is 42. The maximum absolute atomic E-state index is 13.0. The molecule has 1 aliphatic carbocycles. The highest BCUT2D eigenvalue weighted by Gasteiger charge is 2.54. The van der Waals surface area contributed by atoms with Crippen molar-refractivity contribution in [1.29, 1.82) is 0 Å². The van der Waals surface area contributed by atoms with Gasteiger partial charge in [-0.2, -0.15) is 0 Å². The van der Waals surface area contributed by atoms with Gasteiger partial charge in [0.15, 0.2) is 6.10 Å². The second-order valence-corrected chi connectivity index (χ2v) is 20.1. The van der Waals surface area contributed by atoms with Crippen LogP contribution in [0.5, 0.6) is 0 Å². The zero-order valence-electron chi connectivity index (χ0n) is 39.7. The minimum absolute atomic E-state index is 0.0456. The first-order valence-electron chi connectivity index (χ1n) is 24.9. The first-order valence-corrected chi connectivity index (χ1v) is 27.9. The molecule has 18 heteroatoms. The highest BCUT2D eigenvalue weighted by atomic mass is 31.2. The van der Waals surface area contributed by atoms with Crippen molar-refractivity contribution in [2.24, 2.45) is 0 Å². The van der Waals surface area contributed by atoms with Crippen LogP contribution in [0.2, 0.25) is 0 Å². The molecule has 65 heavy (non-hydrogen) atoms. The number of esters is 2. The van der Waals surface area contributed by atoms with Gasteiger partial charge in [0.05, 0.1) is 6.61 Å². The number of hydrogen-bond acceptors (Lipinski definition) is 13. The second-order valence-electron chi connectivity index (χ2n) is 17.5. The van der Waals surface area contributed by atoms with Crippen LogP contribution in [0.4, 0.5) is 0 Å². The molecule has 8 atom stereocenters.